The van der Waals surface area contributed by atoms with Gasteiger partial charge in [0.15, 0.2) is 0 Å². The van der Waals surface area contributed by atoms with E-state index in [-0.39, 0.29) is 30.3 Å². The first kappa shape index (κ1) is 23.1. The summed E-state index contributed by atoms with van der Waals surface area (Å²) in [7, 11) is 0. The Labute approximate surface area is 171 Å². The van der Waals surface area contributed by atoms with Gasteiger partial charge in [-0.1, -0.05) is 32.9 Å². The number of rotatable bonds is 8. The molecule has 2 rings (SSSR count). The van der Waals surface area contributed by atoms with E-state index in [4.69, 9.17) is 0 Å². The summed E-state index contributed by atoms with van der Waals surface area (Å²) in [6.45, 7) is 9.66. The highest BCUT2D eigenvalue weighted by molar-refractivity contribution is 7.14. The second kappa shape index (κ2) is 11.1. The Morgan fingerprint density at radius 1 is 1.04 bits per heavy atom. The Hall–Kier alpha value is -1.89. The van der Waals surface area contributed by atoms with E-state index in [1.807, 2.05) is 38.1 Å². The summed E-state index contributed by atoms with van der Waals surface area (Å²) >= 11 is 1.35. The molecule has 1 aromatic carbocycles. The smallest absolute Gasteiger partial charge is 0.256 e. The molecule has 0 aliphatic heterocycles. The number of carbonyl (C=O) groups excluding carboxylic acids is 2. The third-order valence-corrected chi connectivity index (χ3v) is 4.93. The molecule has 0 aliphatic rings. The van der Waals surface area contributed by atoms with Gasteiger partial charge in [-0.3, -0.25) is 9.59 Å². The standard InChI is InChI=1S/C20H27N3O2S.ClH/c1-5-21-14(4)12-22-19(25)17-10-11-26-20(17)23-18(24)16-8-6-15(7-9-16)13(2)3;/h6-11,13-14,21H,5,12H2,1-4H3,(H,22,25)(H,23,24);1H/t14-;/m1./s1. The largest absolute Gasteiger partial charge is 0.350 e. The summed E-state index contributed by atoms with van der Waals surface area (Å²) in [4.78, 5) is 24.9. The van der Waals surface area contributed by atoms with Crippen molar-refractivity contribution >= 4 is 40.6 Å². The van der Waals surface area contributed by atoms with Gasteiger partial charge in [-0.15, -0.1) is 23.7 Å². The highest BCUT2D eigenvalue weighted by Gasteiger charge is 2.16. The summed E-state index contributed by atoms with van der Waals surface area (Å²) in [5.41, 5.74) is 2.26. The van der Waals surface area contributed by atoms with Crippen LogP contribution in [-0.2, 0) is 0 Å². The normalized spacial score (nSPS) is 11.6. The molecule has 2 aromatic rings. The fraction of sp³-hybridized carbons (Fsp3) is 0.400. The molecule has 0 saturated heterocycles. The van der Waals surface area contributed by atoms with Crippen molar-refractivity contribution in [2.75, 3.05) is 18.4 Å². The van der Waals surface area contributed by atoms with E-state index in [0.29, 0.717) is 28.6 Å². The maximum Gasteiger partial charge on any atom is 0.256 e. The Bertz CT molecular complexity index is 744. The molecular weight excluding hydrogens is 382 g/mol. The Morgan fingerprint density at radius 3 is 2.30 bits per heavy atom. The number of halogens is 1. The molecular formula is C20H28ClN3O2S. The van der Waals surface area contributed by atoms with E-state index in [9.17, 15) is 9.59 Å². The molecule has 5 nitrogen and oxygen atoms in total. The van der Waals surface area contributed by atoms with Crippen molar-refractivity contribution < 1.29 is 9.59 Å². The quantitative estimate of drug-likeness (QED) is 0.609. The SMILES string of the molecule is CCN[C@H](C)CNC(=O)c1ccsc1NC(=O)c1ccc(C(C)C)cc1.Cl. The van der Waals surface area contributed by atoms with Crippen LogP contribution in [0.4, 0.5) is 5.00 Å². The average Bonchev–Trinajstić information content (AvgIpc) is 3.08. The van der Waals surface area contributed by atoms with E-state index in [0.717, 1.165) is 6.54 Å². The highest BCUT2D eigenvalue weighted by atomic mass is 35.5. The molecule has 2 amide bonds. The molecule has 1 heterocycles. The van der Waals surface area contributed by atoms with Gasteiger partial charge in [0.2, 0.25) is 0 Å². The zero-order valence-electron chi connectivity index (χ0n) is 16.2. The molecule has 3 N–H and O–H groups in total. The van der Waals surface area contributed by atoms with Crippen molar-refractivity contribution in [3.63, 3.8) is 0 Å². The number of benzene rings is 1. The van der Waals surface area contributed by atoms with Gasteiger partial charge < -0.3 is 16.0 Å². The molecule has 1 aromatic heterocycles. The number of carbonyl (C=O) groups is 2. The first-order valence-corrected chi connectivity index (χ1v) is 9.80. The van der Waals surface area contributed by atoms with Gasteiger partial charge in [0.1, 0.15) is 5.00 Å². The fourth-order valence-electron chi connectivity index (χ4n) is 2.54. The highest BCUT2D eigenvalue weighted by Crippen LogP contribution is 2.24. The molecule has 0 aliphatic carbocycles. The van der Waals surface area contributed by atoms with Crippen molar-refractivity contribution in [1.29, 1.82) is 0 Å². The number of hydrogen-bond acceptors (Lipinski definition) is 4. The number of amides is 2. The summed E-state index contributed by atoms with van der Waals surface area (Å²) in [5, 5.41) is 11.4. The molecule has 0 fully saturated rings. The number of thiophene rings is 1. The van der Waals surface area contributed by atoms with Crippen LogP contribution in [0.2, 0.25) is 0 Å². The van der Waals surface area contributed by atoms with E-state index in [2.05, 4.69) is 29.8 Å². The average molecular weight is 410 g/mol. The van der Waals surface area contributed by atoms with Crippen molar-refractivity contribution in [1.82, 2.24) is 10.6 Å². The molecule has 148 valence electrons. The van der Waals surface area contributed by atoms with Crippen LogP contribution in [0, 0.1) is 0 Å². The lowest BCUT2D eigenvalue weighted by Gasteiger charge is -2.13. The van der Waals surface area contributed by atoms with Crippen LogP contribution < -0.4 is 16.0 Å². The summed E-state index contributed by atoms with van der Waals surface area (Å²) < 4.78 is 0. The van der Waals surface area contributed by atoms with Gasteiger partial charge in [0.05, 0.1) is 5.56 Å². The Morgan fingerprint density at radius 2 is 1.70 bits per heavy atom. The lowest BCUT2D eigenvalue weighted by Crippen LogP contribution is -2.38. The van der Waals surface area contributed by atoms with E-state index in [1.165, 1.54) is 16.9 Å². The minimum Gasteiger partial charge on any atom is -0.350 e. The third kappa shape index (κ3) is 6.65. The Kier molecular flexibility index (Phi) is 9.49. The number of likely N-dealkylation sites (N-methyl/N-ethyl adjacent to an activating group) is 1. The van der Waals surface area contributed by atoms with Gasteiger partial charge in [0.25, 0.3) is 11.8 Å². The summed E-state index contributed by atoms with van der Waals surface area (Å²) in [5.74, 6) is 0.0311. The molecule has 0 unspecified atom stereocenters. The molecule has 0 saturated carbocycles. The molecule has 0 radical (unpaired) electrons. The topological polar surface area (TPSA) is 70.2 Å². The van der Waals surface area contributed by atoms with Gasteiger partial charge in [0, 0.05) is 18.2 Å². The van der Waals surface area contributed by atoms with Crippen molar-refractivity contribution in [2.45, 2.75) is 39.7 Å². The maximum atomic E-state index is 12.5. The fourth-order valence-corrected chi connectivity index (χ4v) is 3.32. The number of anilines is 1. The zero-order chi connectivity index (χ0) is 19.1. The second-order valence-electron chi connectivity index (χ2n) is 6.56. The maximum absolute atomic E-state index is 12.5. The zero-order valence-corrected chi connectivity index (χ0v) is 17.8. The first-order valence-electron chi connectivity index (χ1n) is 8.92. The van der Waals surface area contributed by atoms with Crippen molar-refractivity contribution in [3.8, 4) is 0 Å². The lowest BCUT2D eigenvalue weighted by atomic mass is 10.0. The van der Waals surface area contributed by atoms with Gasteiger partial charge in [-0.25, -0.2) is 0 Å². The number of hydrogen-bond donors (Lipinski definition) is 3. The van der Waals surface area contributed by atoms with Gasteiger partial charge in [-0.2, -0.15) is 0 Å². The van der Waals surface area contributed by atoms with Crippen molar-refractivity contribution in [3.05, 3.63) is 52.4 Å². The first-order chi connectivity index (χ1) is 12.4. The molecule has 1 atom stereocenters. The summed E-state index contributed by atoms with van der Waals surface area (Å²) in [6.07, 6.45) is 0. The lowest BCUT2D eigenvalue weighted by molar-refractivity contribution is 0.0951. The van der Waals surface area contributed by atoms with E-state index < -0.39 is 0 Å². The van der Waals surface area contributed by atoms with Gasteiger partial charge in [-0.05, 0) is 48.5 Å². The Balaban J connectivity index is 0.00000364. The van der Waals surface area contributed by atoms with E-state index >= 15 is 0 Å². The molecule has 0 spiro atoms. The van der Waals surface area contributed by atoms with Crippen LogP contribution in [0.15, 0.2) is 35.7 Å². The van der Waals surface area contributed by atoms with Crippen LogP contribution in [0.1, 0.15) is 59.9 Å². The molecule has 27 heavy (non-hydrogen) atoms. The third-order valence-electron chi connectivity index (χ3n) is 4.10. The predicted molar refractivity (Wildman–Crippen MR) is 116 cm³/mol. The van der Waals surface area contributed by atoms with Crippen LogP contribution in [-0.4, -0.2) is 30.9 Å². The van der Waals surface area contributed by atoms with Crippen LogP contribution in [0.5, 0.6) is 0 Å². The van der Waals surface area contributed by atoms with Crippen LogP contribution in [0.3, 0.4) is 0 Å². The number of nitrogens with one attached hydrogen (secondary N) is 3. The van der Waals surface area contributed by atoms with Crippen LogP contribution in [0.25, 0.3) is 0 Å². The molecule has 7 heteroatoms. The van der Waals surface area contributed by atoms with Gasteiger partial charge >= 0.3 is 0 Å². The molecule has 0 bridgehead atoms. The second-order valence-corrected chi connectivity index (χ2v) is 7.48. The minimum atomic E-state index is -0.210. The van der Waals surface area contributed by atoms with Crippen LogP contribution >= 0.6 is 23.7 Å². The predicted octanol–water partition coefficient (Wildman–Crippen LogP) is 4.27. The van der Waals surface area contributed by atoms with E-state index in [1.54, 1.807) is 11.4 Å². The monoisotopic (exact) mass is 409 g/mol. The van der Waals surface area contributed by atoms with Crippen molar-refractivity contribution in [2.24, 2.45) is 0 Å². The minimum absolute atomic E-state index is 0. The summed E-state index contributed by atoms with van der Waals surface area (Å²) in [6, 6.07) is 9.48.